The van der Waals surface area contributed by atoms with Gasteiger partial charge in [0, 0.05) is 5.56 Å². The highest BCUT2D eigenvalue weighted by Gasteiger charge is 2.01. The summed E-state index contributed by atoms with van der Waals surface area (Å²) in [4.78, 5) is 4.02. The molecule has 0 amide bonds. The van der Waals surface area contributed by atoms with E-state index in [1.807, 2.05) is 6.07 Å². The minimum Gasteiger partial charge on any atom is -0.396 e. The Hall–Kier alpha value is -2.20. The highest BCUT2D eigenvalue weighted by molar-refractivity contribution is 5.62. The molecule has 0 saturated carbocycles. The molecule has 70 valence electrons. The molecule has 0 spiro atoms. The van der Waals surface area contributed by atoms with Crippen LogP contribution < -0.4 is 11.5 Å². The van der Waals surface area contributed by atoms with E-state index in [2.05, 4.69) is 16.8 Å². The van der Waals surface area contributed by atoms with E-state index in [-0.39, 0.29) is 6.42 Å². The van der Waals surface area contributed by atoms with Crippen LogP contribution in [0.25, 0.3) is 0 Å². The van der Waals surface area contributed by atoms with Crippen LogP contribution in [0.2, 0.25) is 0 Å². The average Bonchev–Trinajstić information content (AvgIpc) is 2.14. The molecule has 1 rings (SSSR count). The van der Waals surface area contributed by atoms with Crippen LogP contribution in [0.3, 0.4) is 0 Å². The molecule has 0 aliphatic heterocycles. The first kappa shape index (κ1) is 9.88. The highest BCUT2D eigenvalue weighted by atomic mass is 14.9. The van der Waals surface area contributed by atoms with Crippen LogP contribution in [0.4, 0.5) is 11.5 Å². The van der Waals surface area contributed by atoms with Crippen molar-refractivity contribution < 1.29 is 0 Å². The lowest BCUT2D eigenvalue weighted by Crippen LogP contribution is -2.01. The van der Waals surface area contributed by atoms with Gasteiger partial charge in [0.2, 0.25) is 0 Å². The quantitative estimate of drug-likeness (QED) is 0.587. The van der Waals surface area contributed by atoms with Crippen molar-refractivity contribution in [1.82, 2.24) is 4.98 Å². The van der Waals surface area contributed by atoms with E-state index >= 15 is 0 Å². The number of aromatic nitrogens is 1. The molecule has 1 aromatic rings. The van der Waals surface area contributed by atoms with Gasteiger partial charge in [-0.05, 0) is 13.0 Å². The molecule has 0 aliphatic rings. The summed E-state index contributed by atoms with van der Waals surface area (Å²) in [6, 6.07) is 3.60. The maximum absolute atomic E-state index is 8.30. The van der Waals surface area contributed by atoms with E-state index in [1.54, 1.807) is 13.0 Å². The maximum Gasteiger partial charge on any atom is 0.146 e. The summed E-state index contributed by atoms with van der Waals surface area (Å²) >= 11 is 0. The van der Waals surface area contributed by atoms with Crippen molar-refractivity contribution in [3.8, 4) is 17.9 Å². The molecule has 1 aromatic heterocycles. The molecule has 4 nitrogen and oxygen atoms in total. The minimum absolute atomic E-state index is 0.198. The summed E-state index contributed by atoms with van der Waals surface area (Å²) < 4.78 is 0. The second-order valence-corrected chi connectivity index (χ2v) is 2.73. The van der Waals surface area contributed by atoms with Crippen LogP contribution in [0.15, 0.2) is 6.07 Å². The average molecular weight is 186 g/mol. The molecule has 14 heavy (non-hydrogen) atoms. The predicted molar refractivity (Wildman–Crippen MR) is 54.9 cm³/mol. The Balaban J connectivity index is 3.07. The lowest BCUT2D eigenvalue weighted by molar-refractivity contribution is 1.20. The zero-order valence-corrected chi connectivity index (χ0v) is 7.83. The topological polar surface area (TPSA) is 88.7 Å². The highest BCUT2D eigenvalue weighted by Crippen LogP contribution is 2.15. The smallest absolute Gasteiger partial charge is 0.146 e. The lowest BCUT2D eigenvalue weighted by atomic mass is 10.2. The summed E-state index contributed by atoms with van der Waals surface area (Å²) in [6.07, 6.45) is 0.198. The number of hydrogen-bond acceptors (Lipinski definition) is 4. The third kappa shape index (κ3) is 2.15. The zero-order chi connectivity index (χ0) is 10.6. The van der Waals surface area contributed by atoms with Crippen molar-refractivity contribution in [3.05, 3.63) is 17.3 Å². The van der Waals surface area contributed by atoms with Gasteiger partial charge >= 0.3 is 0 Å². The van der Waals surface area contributed by atoms with E-state index in [0.29, 0.717) is 17.1 Å². The fraction of sp³-hybridized carbons (Fsp3) is 0.200. The maximum atomic E-state index is 8.30. The molecule has 0 bridgehead atoms. The molecule has 0 unspecified atom stereocenters. The fourth-order valence-corrected chi connectivity index (χ4v) is 0.945. The third-order valence-corrected chi connectivity index (χ3v) is 1.66. The Morgan fingerprint density at radius 3 is 2.86 bits per heavy atom. The van der Waals surface area contributed by atoms with Gasteiger partial charge in [0.05, 0.1) is 23.9 Å². The van der Waals surface area contributed by atoms with Crippen molar-refractivity contribution >= 4 is 11.5 Å². The number of nitrogens with two attached hydrogens (primary N) is 2. The zero-order valence-electron chi connectivity index (χ0n) is 7.83. The summed E-state index contributed by atoms with van der Waals surface area (Å²) in [5.41, 5.74) is 12.9. The fourth-order valence-electron chi connectivity index (χ4n) is 0.945. The summed E-state index contributed by atoms with van der Waals surface area (Å²) in [6.45, 7) is 1.80. The van der Waals surface area contributed by atoms with Gasteiger partial charge in [0.25, 0.3) is 0 Å². The molecule has 0 aromatic carbocycles. The molecular formula is C10H10N4. The number of nitriles is 1. The van der Waals surface area contributed by atoms with Crippen molar-refractivity contribution in [3.63, 3.8) is 0 Å². The first-order valence-electron chi connectivity index (χ1n) is 4.03. The molecule has 4 N–H and O–H groups in total. The Bertz CT molecular complexity index is 446. The largest absolute Gasteiger partial charge is 0.396 e. The van der Waals surface area contributed by atoms with Gasteiger partial charge in [-0.25, -0.2) is 4.98 Å². The second-order valence-electron chi connectivity index (χ2n) is 2.73. The predicted octanol–water partition coefficient (Wildman–Crippen LogP) is 0.820. The SMILES string of the molecule is Cc1nc(N)c(N)cc1C#CCC#N. The number of anilines is 2. The van der Waals surface area contributed by atoms with Gasteiger partial charge in [-0.1, -0.05) is 11.8 Å². The number of pyridine rings is 1. The van der Waals surface area contributed by atoms with Gasteiger partial charge in [-0.15, -0.1) is 0 Å². The second kappa shape index (κ2) is 4.15. The molecule has 0 aliphatic carbocycles. The van der Waals surface area contributed by atoms with Crippen molar-refractivity contribution in [2.24, 2.45) is 0 Å². The number of hydrogen-bond donors (Lipinski definition) is 2. The third-order valence-electron chi connectivity index (χ3n) is 1.66. The Labute approximate surface area is 82.5 Å². The van der Waals surface area contributed by atoms with Crippen LogP contribution >= 0.6 is 0 Å². The van der Waals surface area contributed by atoms with Crippen molar-refractivity contribution in [2.45, 2.75) is 13.3 Å². The lowest BCUT2D eigenvalue weighted by Gasteiger charge is -2.02. The van der Waals surface area contributed by atoms with Gasteiger partial charge in [0.1, 0.15) is 5.82 Å². The Kier molecular flexibility index (Phi) is 2.93. The first-order valence-corrected chi connectivity index (χ1v) is 4.03. The summed E-state index contributed by atoms with van der Waals surface area (Å²) in [5.74, 6) is 5.82. The van der Waals surface area contributed by atoms with Gasteiger partial charge in [-0.3, -0.25) is 0 Å². The van der Waals surface area contributed by atoms with E-state index in [1.165, 1.54) is 0 Å². The van der Waals surface area contributed by atoms with Gasteiger partial charge < -0.3 is 11.5 Å². The molecular weight excluding hydrogens is 176 g/mol. The molecule has 0 atom stereocenters. The van der Waals surface area contributed by atoms with E-state index in [4.69, 9.17) is 16.7 Å². The molecule has 0 radical (unpaired) electrons. The molecule has 1 heterocycles. The van der Waals surface area contributed by atoms with Crippen molar-refractivity contribution in [1.29, 1.82) is 5.26 Å². The van der Waals surface area contributed by atoms with Crippen LogP contribution in [0, 0.1) is 30.1 Å². The van der Waals surface area contributed by atoms with E-state index in [9.17, 15) is 0 Å². The van der Waals surface area contributed by atoms with Gasteiger partial charge in [-0.2, -0.15) is 5.26 Å². The van der Waals surface area contributed by atoms with E-state index < -0.39 is 0 Å². The molecule has 0 saturated heterocycles. The molecule has 4 heteroatoms. The van der Waals surface area contributed by atoms with Crippen LogP contribution in [0.1, 0.15) is 17.7 Å². The number of nitrogens with zero attached hydrogens (tertiary/aromatic N) is 2. The monoisotopic (exact) mass is 186 g/mol. The Morgan fingerprint density at radius 1 is 1.50 bits per heavy atom. The Morgan fingerprint density at radius 2 is 2.21 bits per heavy atom. The first-order chi connectivity index (χ1) is 6.65. The number of rotatable bonds is 0. The number of aryl methyl sites for hydroxylation is 1. The summed E-state index contributed by atoms with van der Waals surface area (Å²) in [7, 11) is 0. The van der Waals surface area contributed by atoms with Crippen LogP contribution in [-0.2, 0) is 0 Å². The van der Waals surface area contributed by atoms with Crippen LogP contribution in [0.5, 0.6) is 0 Å². The van der Waals surface area contributed by atoms with Crippen LogP contribution in [-0.4, -0.2) is 4.98 Å². The normalized spacial score (nSPS) is 8.57. The van der Waals surface area contributed by atoms with Gasteiger partial charge in [0.15, 0.2) is 0 Å². The van der Waals surface area contributed by atoms with Crippen molar-refractivity contribution in [2.75, 3.05) is 11.5 Å². The molecule has 0 fully saturated rings. The van der Waals surface area contributed by atoms with E-state index in [0.717, 1.165) is 5.69 Å². The number of nitrogen functional groups attached to an aromatic ring is 2. The minimum atomic E-state index is 0.198. The standard InChI is InChI=1S/C10H10N4/c1-7-8(4-2-3-5-11)6-9(12)10(13)14-7/h6H,3,12H2,1H3,(H2,13,14). The summed E-state index contributed by atoms with van der Waals surface area (Å²) in [5, 5.41) is 8.30.